The van der Waals surface area contributed by atoms with Crippen LogP contribution in [0.1, 0.15) is 19.4 Å². The van der Waals surface area contributed by atoms with Crippen LogP contribution in [0.3, 0.4) is 0 Å². The fraction of sp³-hybridized carbons (Fsp3) is 0.250. The summed E-state index contributed by atoms with van der Waals surface area (Å²) in [5.41, 5.74) is 1.35. The maximum Gasteiger partial charge on any atom is 0.263 e. The number of nitrogens with zero attached hydrogens (tertiary/aromatic N) is 2. The second kappa shape index (κ2) is 5.98. The average molecular weight is 318 g/mol. The molecule has 0 fully saturated rings. The van der Waals surface area contributed by atoms with Gasteiger partial charge in [-0.05, 0) is 24.1 Å². The van der Waals surface area contributed by atoms with E-state index in [2.05, 4.69) is 4.98 Å². The molecule has 114 valence electrons. The molecule has 2 heterocycles. The predicted octanol–water partition coefficient (Wildman–Crippen LogP) is 3.21. The molecule has 0 aliphatic rings. The third kappa shape index (κ3) is 2.44. The fourth-order valence-electron chi connectivity index (χ4n) is 2.46. The minimum absolute atomic E-state index is 0.111. The van der Waals surface area contributed by atoms with Crippen molar-refractivity contribution < 1.29 is 9.50 Å². The number of halogens is 1. The van der Waals surface area contributed by atoms with Gasteiger partial charge in [-0.15, -0.1) is 11.3 Å². The van der Waals surface area contributed by atoms with Gasteiger partial charge in [0.25, 0.3) is 5.56 Å². The highest BCUT2D eigenvalue weighted by atomic mass is 32.1. The Morgan fingerprint density at radius 1 is 1.36 bits per heavy atom. The van der Waals surface area contributed by atoms with E-state index in [1.165, 1.54) is 34.4 Å². The Hall–Kier alpha value is -2.05. The number of aliphatic hydroxyl groups is 1. The number of hydrogen-bond acceptors (Lipinski definition) is 4. The number of aliphatic hydroxyl groups excluding tert-OH is 1. The van der Waals surface area contributed by atoms with Gasteiger partial charge in [0.2, 0.25) is 0 Å². The summed E-state index contributed by atoms with van der Waals surface area (Å²) in [5.74, 6) is -0.315. The van der Waals surface area contributed by atoms with Crippen LogP contribution < -0.4 is 5.56 Å². The molecule has 2 aromatic heterocycles. The predicted molar refractivity (Wildman–Crippen MR) is 85.7 cm³/mol. The number of fused-ring (bicyclic) bond motifs is 1. The molecule has 1 atom stereocenters. The summed E-state index contributed by atoms with van der Waals surface area (Å²) in [5, 5.41) is 11.8. The van der Waals surface area contributed by atoms with Crippen LogP contribution in [0, 0.1) is 5.82 Å². The second-order valence-corrected chi connectivity index (χ2v) is 5.90. The molecule has 3 aromatic rings. The second-order valence-electron chi connectivity index (χ2n) is 5.04. The van der Waals surface area contributed by atoms with Gasteiger partial charge in [0.1, 0.15) is 10.6 Å². The lowest BCUT2D eigenvalue weighted by Gasteiger charge is -2.14. The Kier molecular flexibility index (Phi) is 4.04. The van der Waals surface area contributed by atoms with Crippen LogP contribution in [0.4, 0.5) is 4.39 Å². The number of benzene rings is 1. The molecule has 1 aromatic carbocycles. The highest BCUT2D eigenvalue weighted by Crippen LogP contribution is 2.31. The molecule has 0 aliphatic heterocycles. The van der Waals surface area contributed by atoms with E-state index in [0.717, 1.165) is 11.1 Å². The largest absolute Gasteiger partial charge is 0.394 e. The Morgan fingerprint density at radius 2 is 2.09 bits per heavy atom. The molecule has 1 N–H and O–H groups in total. The average Bonchev–Trinajstić information content (AvgIpc) is 2.96. The SMILES string of the molecule is CC[C@@H](CO)n1cnc2scc(-c3ccc(F)cc3)c2c1=O. The summed E-state index contributed by atoms with van der Waals surface area (Å²) in [6.07, 6.45) is 2.12. The van der Waals surface area contributed by atoms with E-state index in [-0.39, 0.29) is 24.0 Å². The van der Waals surface area contributed by atoms with Gasteiger partial charge in [0.05, 0.1) is 24.4 Å². The first kappa shape index (κ1) is 14.9. The van der Waals surface area contributed by atoms with E-state index in [9.17, 15) is 14.3 Å². The molecule has 22 heavy (non-hydrogen) atoms. The van der Waals surface area contributed by atoms with Crippen molar-refractivity contribution in [1.29, 1.82) is 0 Å². The number of hydrogen-bond donors (Lipinski definition) is 1. The molecule has 6 heteroatoms. The first-order chi connectivity index (χ1) is 10.7. The summed E-state index contributed by atoms with van der Waals surface area (Å²) < 4.78 is 14.6. The number of aromatic nitrogens is 2. The molecular formula is C16H15FN2O2S. The van der Waals surface area contributed by atoms with E-state index in [1.807, 2.05) is 12.3 Å². The van der Waals surface area contributed by atoms with Crippen molar-refractivity contribution in [3.63, 3.8) is 0 Å². The summed E-state index contributed by atoms with van der Waals surface area (Å²) >= 11 is 1.38. The lowest BCUT2D eigenvalue weighted by molar-refractivity contribution is 0.221. The van der Waals surface area contributed by atoms with Crippen molar-refractivity contribution in [3.05, 3.63) is 52.1 Å². The van der Waals surface area contributed by atoms with Gasteiger partial charge in [0, 0.05) is 10.9 Å². The van der Waals surface area contributed by atoms with E-state index in [0.29, 0.717) is 16.6 Å². The van der Waals surface area contributed by atoms with Gasteiger partial charge in [-0.25, -0.2) is 9.37 Å². The molecular weight excluding hydrogens is 303 g/mol. The normalized spacial score (nSPS) is 12.7. The van der Waals surface area contributed by atoms with Crippen LogP contribution in [0.25, 0.3) is 21.3 Å². The van der Waals surface area contributed by atoms with Crippen molar-refractivity contribution in [2.24, 2.45) is 0 Å². The van der Waals surface area contributed by atoms with Crippen molar-refractivity contribution in [2.45, 2.75) is 19.4 Å². The molecule has 0 amide bonds. The number of rotatable bonds is 4. The zero-order valence-corrected chi connectivity index (χ0v) is 12.8. The van der Waals surface area contributed by atoms with Gasteiger partial charge in [0.15, 0.2) is 0 Å². The minimum atomic E-state index is -0.315. The van der Waals surface area contributed by atoms with Crippen molar-refractivity contribution in [3.8, 4) is 11.1 Å². The third-order valence-electron chi connectivity index (χ3n) is 3.75. The first-order valence-corrected chi connectivity index (χ1v) is 7.88. The maximum absolute atomic E-state index is 13.1. The summed E-state index contributed by atoms with van der Waals surface area (Å²) in [6.45, 7) is 1.80. The quantitative estimate of drug-likeness (QED) is 0.803. The summed E-state index contributed by atoms with van der Waals surface area (Å²) in [7, 11) is 0. The number of thiophene rings is 1. The topological polar surface area (TPSA) is 55.1 Å². The van der Waals surface area contributed by atoms with Gasteiger partial charge < -0.3 is 5.11 Å². The van der Waals surface area contributed by atoms with Gasteiger partial charge in [-0.3, -0.25) is 9.36 Å². The van der Waals surface area contributed by atoms with E-state index >= 15 is 0 Å². The zero-order valence-electron chi connectivity index (χ0n) is 12.0. The van der Waals surface area contributed by atoms with Crippen molar-refractivity contribution >= 4 is 21.6 Å². The van der Waals surface area contributed by atoms with E-state index < -0.39 is 0 Å². The lowest BCUT2D eigenvalue weighted by atomic mass is 10.1. The minimum Gasteiger partial charge on any atom is -0.394 e. The van der Waals surface area contributed by atoms with Crippen LogP contribution in [0.15, 0.2) is 40.8 Å². The third-order valence-corrected chi connectivity index (χ3v) is 4.64. The van der Waals surface area contributed by atoms with Crippen LogP contribution in [-0.2, 0) is 0 Å². The Bertz CT molecular complexity index is 851. The van der Waals surface area contributed by atoms with E-state index in [1.54, 1.807) is 12.1 Å². The molecule has 0 unspecified atom stereocenters. The molecule has 0 saturated carbocycles. The van der Waals surface area contributed by atoms with Crippen molar-refractivity contribution in [1.82, 2.24) is 9.55 Å². The highest BCUT2D eigenvalue weighted by molar-refractivity contribution is 7.17. The van der Waals surface area contributed by atoms with Crippen LogP contribution >= 0.6 is 11.3 Å². The first-order valence-electron chi connectivity index (χ1n) is 7.00. The Morgan fingerprint density at radius 3 is 2.73 bits per heavy atom. The van der Waals surface area contributed by atoms with Crippen LogP contribution in [0.2, 0.25) is 0 Å². The molecule has 0 radical (unpaired) electrons. The Balaban J connectivity index is 2.23. The molecule has 0 spiro atoms. The monoisotopic (exact) mass is 318 g/mol. The van der Waals surface area contributed by atoms with Crippen molar-refractivity contribution in [2.75, 3.05) is 6.61 Å². The summed E-state index contributed by atoms with van der Waals surface area (Å²) in [6, 6.07) is 5.76. The summed E-state index contributed by atoms with van der Waals surface area (Å²) in [4.78, 5) is 17.7. The van der Waals surface area contributed by atoms with Crippen LogP contribution in [0.5, 0.6) is 0 Å². The van der Waals surface area contributed by atoms with E-state index in [4.69, 9.17) is 0 Å². The molecule has 0 aliphatic carbocycles. The zero-order chi connectivity index (χ0) is 15.7. The lowest BCUT2D eigenvalue weighted by Crippen LogP contribution is -2.26. The molecule has 3 rings (SSSR count). The molecule has 0 saturated heterocycles. The van der Waals surface area contributed by atoms with Gasteiger partial charge >= 0.3 is 0 Å². The Labute approximate surface area is 130 Å². The highest BCUT2D eigenvalue weighted by Gasteiger charge is 2.16. The maximum atomic E-state index is 13.1. The van der Waals surface area contributed by atoms with Gasteiger partial charge in [-0.2, -0.15) is 0 Å². The van der Waals surface area contributed by atoms with Gasteiger partial charge in [-0.1, -0.05) is 19.1 Å². The fourth-order valence-corrected chi connectivity index (χ4v) is 3.37. The standard InChI is InChI=1S/C16H15FN2O2S/c1-2-12(7-20)19-9-18-15-14(16(19)21)13(8-22-15)10-3-5-11(17)6-4-10/h3-6,8-9,12,20H,2,7H2,1H3/t12-/m0/s1. The molecule has 4 nitrogen and oxygen atoms in total. The smallest absolute Gasteiger partial charge is 0.263 e. The molecule has 0 bridgehead atoms. The van der Waals surface area contributed by atoms with Crippen LogP contribution in [-0.4, -0.2) is 21.3 Å².